The van der Waals surface area contributed by atoms with E-state index in [1.54, 1.807) is 11.8 Å². The van der Waals surface area contributed by atoms with Crippen molar-refractivity contribution in [1.29, 1.82) is 0 Å². The lowest BCUT2D eigenvalue weighted by Crippen LogP contribution is -2.47. The Labute approximate surface area is 171 Å². The molecule has 5 atom stereocenters. The molecule has 4 rings (SSSR count). The van der Waals surface area contributed by atoms with E-state index in [9.17, 15) is 8.42 Å². The summed E-state index contributed by atoms with van der Waals surface area (Å²) in [6.07, 6.45) is 14.5. The van der Waals surface area contributed by atoms with Crippen LogP contribution < -0.4 is 5.32 Å². The fourth-order valence-corrected chi connectivity index (χ4v) is 5.36. The third kappa shape index (κ3) is 4.32. The van der Waals surface area contributed by atoms with Crippen molar-refractivity contribution in [3.8, 4) is 0 Å². The first-order valence-electron chi connectivity index (χ1n) is 9.72. The van der Waals surface area contributed by atoms with Crippen molar-refractivity contribution in [2.24, 2.45) is 11.8 Å². The summed E-state index contributed by atoms with van der Waals surface area (Å²) in [5, 5.41) is 3.79. The number of fused-ring (bicyclic) bond motifs is 3. The lowest BCUT2D eigenvalue weighted by atomic mass is 9.73. The maximum atomic E-state index is 11.4. The number of rotatable bonds is 5. The molecule has 1 aromatic rings. The molecule has 2 aliphatic heterocycles. The predicted octanol–water partition coefficient (Wildman–Crippen LogP) is 4.15. The van der Waals surface area contributed by atoms with Crippen LogP contribution in [0, 0.1) is 11.8 Å². The zero-order valence-corrected chi connectivity index (χ0v) is 17.8. The lowest BCUT2D eigenvalue weighted by Gasteiger charge is -2.47. The number of ether oxygens (including phenoxy) is 1. The van der Waals surface area contributed by atoms with E-state index in [1.807, 2.05) is 0 Å². The van der Waals surface area contributed by atoms with Crippen LogP contribution in [0.25, 0.3) is 0 Å². The molecule has 0 amide bonds. The summed E-state index contributed by atoms with van der Waals surface area (Å²) in [6.45, 7) is 0.0871. The molecule has 0 saturated carbocycles. The largest absolute Gasteiger partial charge is 0.381 e. The van der Waals surface area contributed by atoms with Crippen molar-refractivity contribution in [2.45, 2.75) is 42.4 Å². The van der Waals surface area contributed by atoms with Crippen molar-refractivity contribution in [2.75, 3.05) is 24.4 Å². The SMILES string of the molecule is CSc1ccc2c(c1)[C@H]1O[C@@H](COS(C)(=O)=O)CC[C@H]1[C@H](C1C=CC=CC1)N2. The van der Waals surface area contributed by atoms with Gasteiger partial charge in [-0.05, 0) is 43.7 Å². The first-order chi connectivity index (χ1) is 13.4. The van der Waals surface area contributed by atoms with E-state index in [0.29, 0.717) is 17.9 Å². The molecule has 1 unspecified atom stereocenters. The molecule has 1 fully saturated rings. The molecule has 2 heterocycles. The number of hydrogen-bond acceptors (Lipinski definition) is 6. The standard InChI is InChI=1S/C21H27NO4S2/c1-27-16-9-11-19-18(12-16)21-17(20(22-19)14-6-4-3-5-7-14)10-8-15(26-21)13-25-28(2,23)24/h3-6,9,11-12,14-15,17,20-22H,7-8,10,13H2,1-2H3/t14?,15-,17+,20+,21+/m1/s1. The third-order valence-corrected chi connectivity index (χ3v) is 7.13. The normalized spacial score (nSPS) is 31.7. The molecule has 1 aromatic carbocycles. The van der Waals surface area contributed by atoms with Crippen LogP contribution in [0.3, 0.4) is 0 Å². The number of benzene rings is 1. The number of nitrogens with one attached hydrogen (secondary N) is 1. The topological polar surface area (TPSA) is 64.6 Å². The minimum absolute atomic E-state index is 0.0467. The van der Waals surface area contributed by atoms with Gasteiger partial charge in [0, 0.05) is 34.0 Å². The van der Waals surface area contributed by atoms with E-state index in [4.69, 9.17) is 8.92 Å². The van der Waals surface area contributed by atoms with Crippen LogP contribution in [0.15, 0.2) is 47.4 Å². The second-order valence-electron chi connectivity index (χ2n) is 7.74. The maximum absolute atomic E-state index is 11.4. The molecular weight excluding hydrogens is 394 g/mol. The second-order valence-corrected chi connectivity index (χ2v) is 10.3. The molecule has 1 saturated heterocycles. The van der Waals surface area contributed by atoms with Gasteiger partial charge in [0.25, 0.3) is 10.1 Å². The van der Waals surface area contributed by atoms with Crippen molar-refractivity contribution in [3.63, 3.8) is 0 Å². The van der Waals surface area contributed by atoms with E-state index in [-0.39, 0.29) is 18.8 Å². The van der Waals surface area contributed by atoms with Crippen LogP contribution in [0.2, 0.25) is 0 Å². The second kappa shape index (κ2) is 8.22. The van der Waals surface area contributed by atoms with Crippen LogP contribution in [0.4, 0.5) is 5.69 Å². The molecule has 0 aromatic heterocycles. The Hall–Kier alpha value is -1.28. The Bertz CT molecular complexity index is 880. The lowest BCUT2D eigenvalue weighted by molar-refractivity contribution is -0.108. The zero-order chi connectivity index (χ0) is 19.7. The fourth-order valence-electron chi connectivity index (χ4n) is 4.51. The highest BCUT2D eigenvalue weighted by Gasteiger charge is 2.44. The number of thioether (sulfide) groups is 1. The Balaban J connectivity index is 1.61. The summed E-state index contributed by atoms with van der Waals surface area (Å²) in [5.41, 5.74) is 2.30. The first-order valence-corrected chi connectivity index (χ1v) is 12.8. The molecule has 3 aliphatic rings. The third-order valence-electron chi connectivity index (χ3n) is 5.84. The van der Waals surface area contributed by atoms with E-state index in [0.717, 1.165) is 31.2 Å². The van der Waals surface area contributed by atoms with Crippen LogP contribution in [-0.4, -0.2) is 39.7 Å². The van der Waals surface area contributed by atoms with Crippen LogP contribution >= 0.6 is 11.8 Å². The monoisotopic (exact) mass is 421 g/mol. The van der Waals surface area contributed by atoms with Gasteiger partial charge in [-0.1, -0.05) is 24.3 Å². The molecule has 1 aliphatic carbocycles. The molecule has 28 heavy (non-hydrogen) atoms. The van der Waals surface area contributed by atoms with Gasteiger partial charge in [-0.3, -0.25) is 4.18 Å². The summed E-state index contributed by atoms with van der Waals surface area (Å²) in [7, 11) is -3.46. The number of allylic oxidation sites excluding steroid dienone is 3. The summed E-state index contributed by atoms with van der Waals surface area (Å²) in [5.74, 6) is 0.776. The van der Waals surface area contributed by atoms with E-state index in [2.05, 4.69) is 54.1 Å². The molecule has 1 N–H and O–H groups in total. The highest BCUT2D eigenvalue weighted by atomic mass is 32.2. The van der Waals surface area contributed by atoms with Crippen LogP contribution in [0.5, 0.6) is 0 Å². The van der Waals surface area contributed by atoms with Crippen LogP contribution in [0.1, 0.15) is 30.9 Å². The van der Waals surface area contributed by atoms with Crippen molar-refractivity contribution >= 4 is 27.6 Å². The van der Waals surface area contributed by atoms with E-state index in [1.165, 1.54) is 10.5 Å². The van der Waals surface area contributed by atoms with Crippen molar-refractivity contribution in [3.05, 3.63) is 48.1 Å². The smallest absolute Gasteiger partial charge is 0.264 e. The maximum Gasteiger partial charge on any atom is 0.264 e. The van der Waals surface area contributed by atoms with Gasteiger partial charge in [0.15, 0.2) is 0 Å². The molecular formula is C21H27NO4S2. The molecule has 0 spiro atoms. The van der Waals surface area contributed by atoms with Crippen molar-refractivity contribution < 1.29 is 17.3 Å². The van der Waals surface area contributed by atoms with Gasteiger partial charge >= 0.3 is 0 Å². The van der Waals surface area contributed by atoms with Gasteiger partial charge in [-0.2, -0.15) is 8.42 Å². The quantitative estimate of drug-likeness (QED) is 0.569. The van der Waals surface area contributed by atoms with E-state index < -0.39 is 10.1 Å². The van der Waals surface area contributed by atoms with Gasteiger partial charge in [-0.15, -0.1) is 11.8 Å². The average molecular weight is 422 g/mol. The predicted molar refractivity (Wildman–Crippen MR) is 113 cm³/mol. The van der Waals surface area contributed by atoms with E-state index >= 15 is 0 Å². The molecule has 5 nitrogen and oxygen atoms in total. The Kier molecular flexibility index (Phi) is 5.88. The number of hydrogen-bond donors (Lipinski definition) is 1. The summed E-state index contributed by atoms with van der Waals surface area (Å²) in [6, 6.07) is 6.79. The average Bonchev–Trinajstić information content (AvgIpc) is 2.71. The summed E-state index contributed by atoms with van der Waals surface area (Å²) < 4.78 is 34.3. The molecule has 152 valence electrons. The Morgan fingerprint density at radius 1 is 1.29 bits per heavy atom. The van der Waals surface area contributed by atoms with Crippen LogP contribution in [-0.2, 0) is 19.0 Å². The zero-order valence-electron chi connectivity index (χ0n) is 16.2. The summed E-state index contributed by atoms with van der Waals surface area (Å²) in [4.78, 5) is 1.20. The highest BCUT2D eigenvalue weighted by molar-refractivity contribution is 7.98. The number of anilines is 1. The Morgan fingerprint density at radius 2 is 2.14 bits per heavy atom. The van der Waals surface area contributed by atoms with Gasteiger partial charge in [0.05, 0.1) is 25.1 Å². The minimum Gasteiger partial charge on any atom is -0.381 e. The van der Waals surface area contributed by atoms with Crippen molar-refractivity contribution in [1.82, 2.24) is 0 Å². The van der Waals surface area contributed by atoms with Gasteiger partial charge in [-0.25, -0.2) is 0 Å². The molecule has 0 bridgehead atoms. The summed E-state index contributed by atoms with van der Waals surface area (Å²) >= 11 is 1.72. The Morgan fingerprint density at radius 3 is 2.86 bits per heavy atom. The van der Waals surface area contributed by atoms with Gasteiger partial charge < -0.3 is 10.1 Å². The fraction of sp³-hybridized carbons (Fsp3) is 0.524. The molecule has 7 heteroatoms. The van der Waals surface area contributed by atoms with Gasteiger partial charge in [0.2, 0.25) is 0 Å². The first kappa shape index (κ1) is 20.0. The molecule has 0 radical (unpaired) electrons. The minimum atomic E-state index is -3.46. The highest BCUT2D eigenvalue weighted by Crippen LogP contribution is 2.48. The van der Waals surface area contributed by atoms with Gasteiger partial charge in [0.1, 0.15) is 0 Å².